The number of carbonyl (C=O) groups excluding carboxylic acids is 1. The van der Waals surface area contributed by atoms with E-state index in [9.17, 15) is 14.7 Å². The number of nitrogens with one attached hydrogen (secondary N) is 1. The fourth-order valence-corrected chi connectivity index (χ4v) is 3.25. The predicted molar refractivity (Wildman–Crippen MR) is 98.7 cm³/mol. The van der Waals surface area contributed by atoms with E-state index in [1.807, 2.05) is 30.5 Å². The van der Waals surface area contributed by atoms with Crippen molar-refractivity contribution >= 4 is 40.1 Å². The number of carbonyl (C=O) groups is 2. The molecule has 3 aromatic rings. The van der Waals surface area contributed by atoms with E-state index in [1.54, 1.807) is 24.3 Å². The highest BCUT2D eigenvalue weighted by molar-refractivity contribution is 6.31. The fraction of sp³-hybridized carbons (Fsp3) is 0.158. The molecule has 1 heterocycles. The van der Waals surface area contributed by atoms with E-state index in [2.05, 4.69) is 5.32 Å². The number of rotatable bonds is 4. The Balaban J connectivity index is 2.09. The second kappa shape index (κ2) is 6.61. The summed E-state index contributed by atoms with van der Waals surface area (Å²) in [5.74, 6) is -1.43. The Morgan fingerprint density at radius 1 is 1.20 bits per heavy atom. The first-order chi connectivity index (χ1) is 11.9. The number of anilines is 1. The molecule has 0 fully saturated rings. The van der Waals surface area contributed by atoms with Gasteiger partial charge in [0.15, 0.2) is 0 Å². The molecule has 6 heteroatoms. The number of para-hydroxylation sites is 1. The van der Waals surface area contributed by atoms with Gasteiger partial charge in [0.25, 0.3) is 5.91 Å². The lowest BCUT2D eigenvalue weighted by molar-refractivity contribution is 0.0698. The van der Waals surface area contributed by atoms with Crippen LogP contribution in [0.3, 0.4) is 0 Å². The number of halogens is 1. The largest absolute Gasteiger partial charge is 0.478 e. The third-order valence-electron chi connectivity index (χ3n) is 4.22. The predicted octanol–water partition coefficient (Wildman–Crippen LogP) is 4.57. The SMILES string of the molecule is CCn1c(C(=O)Nc2ccccc2C(=O)O)c(C)c2cc(Cl)ccc21. The summed E-state index contributed by atoms with van der Waals surface area (Å²) >= 11 is 6.09. The Labute approximate surface area is 149 Å². The van der Waals surface area contributed by atoms with Crippen LogP contribution in [-0.2, 0) is 6.54 Å². The fourth-order valence-electron chi connectivity index (χ4n) is 3.08. The van der Waals surface area contributed by atoms with Gasteiger partial charge in [0.2, 0.25) is 0 Å². The molecule has 3 rings (SSSR count). The van der Waals surface area contributed by atoms with E-state index < -0.39 is 5.97 Å². The molecule has 0 saturated carbocycles. The molecule has 0 atom stereocenters. The summed E-state index contributed by atoms with van der Waals surface area (Å²) in [5.41, 5.74) is 2.55. The zero-order chi connectivity index (χ0) is 18.1. The number of nitrogens with zero attached hydrogens (tertiary/aromatic N) is 1. The van der Waals surface area contributed by atoms with Gasteiger partial charge in [-0.1, -0.05) is 23.7 Å². The molecule has 25 heavy (non-hydrogen) atoms. The molecule has 0 radical (unpaired) electrons. The molecular formula is C19H17ClN2O3. The van der Waals surface area contributed by atoms with E-state index in [0.717, 1.165) is 16.5 Å². The minimum atomic E-state index is -1.09. The second-order valence-electron chi connectivity index (χ2n) is 5.68. The van der Waals surface area contributed by atoms with E-state index >= 15 is 0 Å². The summed E-state index contributed by atoms with van der Waals surface area (Å²) in [6.07, 6.45) is 0. The van der Waals surface area contributed by atoms with E-state index in [1.165, 1.54) is 6.07 Å². The zero-order valence-corrected chi connectivity index (χ0v) is 14.6. The van der Waals surface area contributed by atoms with Crippen molar-refractivity contribution in [2.75, 3.05) is 5.32 Å². The third kappa shape index (κ3) is 2.98. The topological polar surface area (TPSA) is 71.3 Å². The number of amides is 1. The van der Waals surface area contributed by atoms with Crippen molar-refractivity contribution in [1.29, 1.82) is 0 Å². The highest BCUT2D eigenvalue weighted by Crippen LogP contribution is 2.29. The smallest absolute Gasteiger partial charge is 0.337 e. The summed E-state index contributed by atoms with van der Waals surface area (Å²) in [7, 11) is 0. The highest BCUT2D eigenvalue weighted by Gasteiger charge is 2.21. The average Bonchev–Trinajstić information content (AvgIpc) is 2.86. The van der Waals surface area contributed by atoms with Crippen LogP contribution in [0.5, 0.6) is 0 Å². The lowest BCUT2D eigenvalue weighted by Gasteiger charge is -2.11. The van der Waals surface area contributed by atoms with Crippen molar-refractivity contribution in [3.05, 3.63) is 64.3 Å². The van der Waals surface area contributed by atoms with Crippen LogP contribution >= 0.6 is 11.6 Å². The number of carboxylic acid groups (broad SMARTS) is 1. The van der Waals surface area contributed by atoms with Crippen molar-refractivity contribution in [2.45, 2.75) is 20.4 Å². The molecule has 1 aromatic heterocycles. The van der Waals surface area contributed by atoms with Crippen molar-refractivity contribution in [2.24, 2.45) is 0 Å². The third-order valence-corrected chi connectivity index (χ3v) is 4.45. The molecule has 0 saturated heterocycles. The molecule has 1 amide bonds. The number of hydrogen-bond acceptors (Lipinski definition) is 2. The number of hydrogen-bond donors (Lipinski definition) is 2. The Hall–Kier alpha value is -2.79. The molecule has 0 unspecified atom stereocenters. The minimum Gasteiger partial charge on any atom is -0.478 e. The van der Waals surface area contributed by atoms with E-state index in [-0.39, 0.29) is 17.2 Å². The van der Waals surface area contributed by atoms with Gasteiger partial charge in [-0.25, -0.2) is 4.79 Å². The van der Waals surface area contributed by atoms with Gasteiger partial charge in [0.1, 0.15) is 5.69 Å². The van der Waals surface area contributed by atoms with Gasteiger partial charge < -0.3 is 15.0 Å². The molecule has 0 spiro atoms. The number of aromatic carboxylic acids is 1. The standard InChI is InChI=1S/C19H17ClN2O3/c1-3-22-16-9-8-12(20)10-14(16)11(2)17(22)18(23)21-15-7-5-4-6-13(15)19(24)25/h4-10H,3H2,1-2H3,(H,21,23)(H,24,25). The van der Waals surface area contributed by atoms with Crippen LogP contribution in [0, 0.1) is 6.92 Å². The van der Waals surface area contributed by atoms with Gasteiger partial charge in [-0.2, -0.15) is 0 Å². The van der Waals surface area contributed by atoms with Gasteiger partial charge in [-0.15, -0.1) is 0 Å². The molecule has 2 aromatic carbocycles. The Morgan fingerprint density at radius 3 is 2.60 bits per heavy atom. The van der Waals surface area contributed by atoms with Gasteiger partial charge >= 0.3 is 5.97 Å². The molecule has 0 aliphatic heterocycles. The molecule has 0 bridgehead atoms. The van der Waals surface area contributed by atoms with Gasteiger partial charge in [0, 0.05) is 22.5 Å². The van der Waals surface area contributed by atoms with Crippen LogP contribution in [0.2, 0.25) is 5.02 Å². The van der Waals surface area contributed by atoms with Gasteiger partial charge in [0.05, 0.1) is 11.3 Å². The van der Waals surface area contributed by atoms with E-state index in [4.69, 9.17) is 11.6 Å². The van der Waals surface area contributed by atoms with E-state index in [0.29, 0.717) is 17.3 Å². The molecule has 0 aliphatic carbocycles. The number of benzene rings is 2. The summed E-state index contributed by atoms with van der Waals surface area (Å²) in [4.78, 5) is 24.2. The van der Waals surface area contributed by atoms with Crippen LogP contribution < -0.4 is 5.32 Å². The normalized spacial score (nSPS) is 10.8. The number of carboxylic acids is 1. The van der Waals surface area contributed by atoms with Crippen LogP contribution in [-0.4, -0.2) is 21.6 Å². The Bertz CT molecular complexity index is 992. The molecule has 128 valence electrons. The first kappa shape index (κ1) is 17.0. The van der Waals surface area contributed by atoms with Crippen LogP contribution in [0.1, 0.15) is 33.3 Å². The number of fused-ring (bicyclic) bond motifs is 1. The number of aromatic nitrogens is 1. The van der Waals surface area contributed by atoms with Gasteiger partial charge in [-0.05, 0) is 49.7 Å². The van der Waals surface area contributed by atoms with Crippen molar-refractivity contribution in [1.82, 2.24) is 4.57 Å². The van der Waals surface area contributed by atoms with Crippen molar-refractivity contribution < 1.29 is 14.7 Å². The quantitative estimate of drug-likeness (QED) is 0.719. The first-order valence-electron chi connectivity index (χ1n) is 7.86. The average molecular weight is 357 g/mol. The Kier molecular flexibility index (Phi) is 4.51. The summed E-state index contributed by atoms with van der Waals surface area (Å²) in [5, 5.41) is 13.5. The summed E-state index contributed by atoms with van der Waals surface area (Å²) in [6.45, 7) is 4.42. The lowest BCUT2D eigenvalue weighted by atomic mass is 10.1. The molecule has 0 aliphatic rings. The Morgan fingerprint density at radius 2 is 1.92 bits per heavy atom. The number of aryl methyl sites for hydroxylation is 2. The van der Waals surface area contributed by atoms with Crippen LogP contribution in [0.25, 0.3) is 10.9 Å². The monoisotopic (exact) mass is 356 g/mol. The highest BCUT2D eigenvalue weighted by atomic mass is 35.5. The second-order valence-corrected chi connectivity index (χ2v) is 6.12. The maximum atomic E-state index is 12.9. The molecular weight excluding hydrogens is 340 g/mol. The first-order valence-corrected chi connectivity index (χ1v) is 8.23. The molecule has 2 N–H and O–H groups in total. The van der Waals surface area contributed by atoms with Crippen molar-refractivity contribution in [3.8, 4) is 0 Å². The maximum absolute atomic E-state index is 12.9. The maximum Gasteiger partial charge on any atom is 0.337 e. The van der Waals surface area contributed by atoms with Crippen LogP contribution in [0.15, 0.2) is 42.5 Å². The summed E-state index contributed by atoms with van der Waals surface area (Å²) in [6, 6.07) is 11.8. The van der Waals surface area contributed by atoms with Crippen LogP contribution in [0.4, 0.5) is 5.69 Å². The molecule has 5 nitrogen and oxygen atoms in total. The van der Waals surface area contributed by atoms with Gasteiger partial charge in [-0.3, -0.25) is 4.79 Å². The summed E-state index contributed by atoms with van der Waals surface area (Å²) < 4.78 is 1.90. The van der Waals surface area contributed by atoms with Crippen molar-refractivity contribution in [3.63, 3.8) is 0 Å². The minimum absolute atomic E-state index is 0.0516. The zero-order valence-electron chi connectivity index (χ0n) is 13.8. The lowest BCUT2D eigenvalue weighted by Crippen LogP contribution is -2.19.